The predicted molar refractivity (Wildman–Crippen MR) is 78.8 cm³/mol. The molecule has 2 fully saturated rings. The molecule has 2 unspecified atom stereocenters. The summed E-state index contributed by atoms with van der Waals surface area (Å²) in [6.45, 7) is 1.35. The largest absolute Gasteiger partial charge is 0.328 e. The SMILES string of the molecule is CC(=O)c1c[nH]c(=O)n(C2CC3CCCC(C2)N3C)c1=O. The summed E-state index contributed by atoms with van der Waals surface area (Å²) in [4.78, 5) is 41.0. The number of carbonyl (C=O) groups is 1. The third kappa shape index (κ3) is 2.37. The highest BCUT2D eigenvalue weighted by molar-refractivity contribution is 5.93. The molecule has 2 aliphatic heterocycles. The average molecular weight is 291 g/mol. The third-order valence-electron chi connectivity index (χ3n) is 5.07. The van der Waals surface area contributed by atoms with Crippen LogP contribution in [0, 0.1) is 0 Å². The Bertz CT molecular complexity index is 661. The molecule has 3 heterocycles. The van der Waals surface area contributed by atoms with Gasteiger partial charge in [0.1, 0.15) is 0 Å². The van der Waals surface area contributed by atoms with Gasteiger partial charge >= 0.3 is 5.69 Å². The molecule has 21 heavy (non-hydrogen) atoms. The van der Waals surface area contributed by atoms with Gasteiger partial charge in [0, 0.05) is 24.3 Å². The number of Topliss-reactive ketones (excluding diaryl/α,β-unsaturated/α-hetero) is 1. The van der Waals surface area contributed by atoms with E-state index in [4.69, 9.17) is 0 Å². The van der Waals surface area contributed by atoms with E-state index in [0.29, 0.717) is 12.1 Å². The molecule has 0 aliphatic carbocycles. The van der Waals surface area contributed by atoms with Crippen LogP contribution in [0.5, 0.6) is 0 Å². The second-order valence-corrected chi connectivity index (χ2v) is 6.27. The Kier molecular flexibility index (Phi) is 3.57. The van der Waals surface area contributed by atoms with Crippen molar-refractivity contribution in [2.45, 2.75) is 57.2 Å². The van der Waals surface area contributed by atoms with Crippen LogP contribution >= 0.6 is 0 Å². The van der Waals surface area contributed by atoms with Crippen LogP contribution in [0.25, 0.3) is 0 Å². The van der Waals surface area contributed by atoms with Crippen molar-refractivity contribution in [1.82, 2.24) is 14.5 Å². The van der Waals surface area contributed by atoms with Gasteiger partial charge in [0.15, 0.2) is 5.78 Å². The number of nitrogens with zero attached hydrogens (tertiary/aromatic N) is 2. The zero-order chi connectivity index (χ0) is 15.1. The maximum atomic E-state index is 12.4. The van der Waals surface area contributed by atoms with Crippen molar-refractivity contribution >= 4 is 5.78 Å². The fourth-order valence-corrected chi connectivity index (χ4v) is 3.87. The fourth-order valence-electron chi connectivity index (χ4n) is 3.87. The summed E-state index contributed by atoms with van der Waals surface area (Å²) in [5.74, 6) is -0.307. The van der Waals surface area contributed by atoms with Crippen LogP contribution in [0.3, 0.4) is 0 Å². The van der Waals surface area contributed by atoms with Gasteiger partial charge in [0.25, 0.3) is 5.56 Å². The van der Waals surface area contributed by atoms with Crippen molar-refractivity contribution < 1.29 is 4.79 Å². The van der Waals surface area contributed by atoms with Crippen LogP contribution in [-0.2, 0) is 0 Å². The van der Waals surface area contributed by atoms with Gasteiger partial charge in [-0.25, -0.2) is 4.79 Å². The summed E-state index contributed by atoms with van der Waals surface area (Å²) in [5.41, 5.74) is -0.782. The third-order valence-corrected chi connectivity index (χ3v) is 5.07. The van der Waals surface area contributed by atoms with E-state index in [9.17, 15) is 14.4 Å². The quantitative estimate of drug-likeness (QED) is 0.822. The highest BCUT2D eigenvalue weighted by Crippen LogP contribution is 2.37. The number of aromatic amines is 1. The van der Waals surface area contributed by atoms with E-state index in [0.717, 1.165) is 25.7 Å². The number of nitrogens with one attached hydrogen (secondary N) is 1. The Morgan fingerprint density at radius 3 is 2.38 bits per heavy atom. The topological polar surface area (TPSA) is 75.2 Å². The average Bonchev–Trinajstić information content (AvgIpc) is 2.39. The molecule has 6 nitrogen and oxygen atoms in total. The van der Waals surface area contributed by atoms with E-state index in [1.165, 1.54) is 24.1 Å². The molecule has 2 saturated heterocycles. The van der Waals surface area contributed by atoms with Crippen molar-refractivity contribution in [1.29, 1.82) is 0 Å². The molecule has 1 N–H and O–H groups in total. The molecule has 0 spiro atoms. The number of H-pyrrole nitrogens is 1. The first-order valence-corrected chi connectivity index (χ1v) is 7.56. The number of hydrogen-bond donors (Lipinski definition) is 1. The maximum Gasteiger partial charge on any atom is 0.328 e. The molecule has 6 heteroatoms. The fraction of sp³-hybridized carbons (Fsp3) is 0.667. The number of carbonyl (C=O) groups excluding carboxylic acids is 1. The van der Waals surface area contributed by atoms with Gasteiger partial charge in [0.2, 0.25) is 0 Å². The van der Waals surface area contributed by atoms with E-state index in [-0.39, 0.29) is 17.4 Å². The van der Waals surface area contributed by atoms with Crippen molar-refractivity contribution in [3.63, 3.8) is 0 Å². The monoisotopic (exact) mass is 291 g/mol. The maximum absolute atomic E-state index is 12.4. The molecule has 114 valence electrons. The van der Waals surface area contributed by atoms with Gasteiger partial charge < -0.3 is 9.88 Å². The van der Waals surface area contributed by atoms with E-state index < -0.39 is 11.2 Å². The van der Waals surface area contributed by atoms with Crippen LogP contribution in [0.2, 0.25) is 0 Å². The lowest BCUT2D eigenvalue weighted by molar-refractivity contribution is 0.0379. The van der Waals surface area contributed by atoms with Gasteiger partial charge in [-0.05, 0) is 39.7 Å². The van der Waals surface area contributed by atoms with Crippen LogP contribution in [0.1, 0.15) is 55.4 Å². The van der Waals surface area contributed by atoms with Crippen molar-refractivity contribution in [3.05, 3.63) is 32.6 Å². The molecule has 0 aromatic carbocycles. The normalized spacial score (nSPS) is 29.3. The Labute approximate surface area is 122 Å². The molecule has 2 atom stereocenters. The van der Waals surface area contributed by atoms with Crippen LogP contribution < -0.4 is 11.2 Å². The van der Waals surface area contributed by atoms with Gasteiger partial charge in [-0.15, -0.1) is 0 Å². The lowest BCUT2D eigenvalue weighted by Crippen LogP contribution is -2.53. The van der Waals surface area contributed by atoms with Crippen molar-refractivity contribution in [2.24, 2.45) is 0 Å². The molecule has 2 bridgehead atoms. The second-order valence-electron chi connectivity index (χ2n) is 6.27. The Morgan fingerprint density at radius 1 is 1.19 bits per heavy atom. The first-order chi connectivity index (χ1) is 9.99. The van der Waals surface area contributed by atoms with E-state index in [1.807, 2.05) is 0 Å². The van der Waals surface area contributed by atoms with Gasteiger partial charge in [0.05, 0.1) is 5.56 Å². The minimum atomic E-state index is -0.445. The lowest BCUT2D eigenvalue weighted by Gasteiger charge is -2.47. The number of aromatic nitrogens is 2. The minimum absolute atomic E-state index is 0.0682. The Morgan fingerprint density at radius 2 is 1.81 bits per heavy atom. The number of hydrogen-bond acceptors (Lipinski definition) is 4. The first kappa shape index (κ1) is 14.3. The molecular weight excluding hydrogens is 270 g/mol. The smallest absolute Gasteiger partial charge is 0.313 e. The zero-order valence-corrected chi connectivity index (χ0v) is 12.5. The lowest BCUT2D eigenvalue weighted by atomic mass is 9.82. The summed E-state index contributed by atoms with van der Waals surface area (Å²) in [7, 11) is 2.13. The van der Waals surface area contributed by atoms with Gasteiger partial charge in [-0.1, -0.05) is 6.42 Å². The summed E-state index contributed by atoms with van der Waals surface area (Å²) in [5, 5.41) is 0. The minimum Gasteiger partial charge on any atom is -0.313 e. The molecule has 0 saturated carbocycles. The van der Waals surface area contributed by atoms with Gasteiger partial charge in [-0.3, -0.25) is 14.2 Å². The molecule has 0 radical (unpaired) electrons. The standard InChI is InChI=1S/C15H21N3O3/c1-9(19)13-8-16-15(21)18(14(13)20)12-6-10-4-3-5-11(7-12)17(10)2/h8,10-12H,3-7H2,1-2H3,(H,16,21). The molecular formula is C15H21N3O3. The highest BCUT2D eigenvalue weighted by atomic mass is 16.2. The highest BCUT2D eigenvalue weighted by Gasteiger charge is 2.37. The molecule has 3 rings (SSSR count). The summed E-state index contributed by atoms with van der Waals surface area (Å²) >= 11 is 0. The number of ketones is 1. The van der Waals surface area contributed by atoms with E-state index in [2.05, 4.69) is 16.9 Å². The van der Waals surface area contributed by atoms with Crippen LogP contribution in [-0.4, -0.2) is 39.4 Å². The Hall–Kier alpha value is -1.69. The second kappa shape index (κ2) is 5.26. The van der Waals surface area contributed by atoms with Crippen LogP contribution in [0.4, 0.5) is 0 Å². The van der Waals surface area contributed by atoms with E-state index in [1.54, 1.807) is 0 Å². The Balaban J connectivity index is 2.02. The van der Waals surface area contributed by atoms with Crippen LogP contribution in [0.15, 0.2) is 15.8 Å². The number of rotatable bonds is 2. The zero-order valence-electron chi connectivity index (χ0n) is 12.5. The first-order valence-electron chi connectivity index (χ1n) is 7.56. The van der Waals surface area contributed by atoms with Crippen molar-refractivity contribution in [2.75, 3.05) is 7.05 Å². The predicted octanol–water partition coefficient (Wildman–Crippen LogP) is 0.927. The summed E-state index contributed by atoms with van der Waals surface area (Å²) in [6.07, 6.45) is 6.28. The van der Waals surface area contributed by atoms with E-state index >= 15 is 0 Å². The molecule has 1 aromatic rings. The number of fused-ring (bicyclic) bond motifs is 2. The van der Waals surface area contributed by atoms with Crippen molar-refractivity contribution in [3.8, 4) is 0 Å². The summed E-state index contributed by atoms with van der Waals surface area (Å²) < 4.78 is 1.27. The molecule has 1 aromatic heterocycles. The number of piperidine rings is 2. The molecule has 2 aliphatic rings. The summed E-state index contributed by atoms with van der Waals surface area (Å²) in [6, 6.07) is 0.747. The van der Waals surface area contributed by atoms with Gasteiger partial charge in [-0.2, -0.15) is 0 Å². The molecule has 0 amide bonds.